The zero-order valence-corrected chi connectivity index (χ0v) is 9.29. The van der Waals surface area contributed by atoms with E-state index in [1.807, 2.05) is 0 Å². The van der Waals surface area contributed by atoms with Crippen molar-refractivity contribution >= 4 is 9.84 Å². The maximum absolute atomic E-state index is 10.9. The van der Waals surface area contributed by atoms with E-state index in [-0.39, 0.29) is 5.75 Å². The van der Waals surface area contributed by atoms with Crippen molar-refractivity contribution in [2.75, 3.05) is 6.26 Å². The van der Waals surface area contributed by atoms with E-state index in [4.69, 9.17) is 0 Å². The fraction of sp³-hybridized carbons (Fsp3) is 0.750. The zero-order chi connectivity index (χ0) is 10.6. The highest BCUT2D eigenvalue weighted by Crippen LogP contribution is 2.01. The van der Waals surface area contributed by atoms with E-state index < -0.39 is 9.84 Å². The SMILES string of the molecule is CCCCn1cc(CS(C)(=O)=O)nn1. The van der Waals surface area contributed by atoms with Gasteiger partial charge in [0, 0.05) is 19.0 Å². The van der Waals surface area contributed by atoms with Crippen molar-refractivity contribution in [3.63, 3.8) is 0 Å². The first-order valence-corrected chi connectivity index (χ1v) is 6.64. The lowest BCUT2D eigenvalue weighted by Gasteiger charge is -1.95. The number of rotatable bonds is 5. The van der Waals surface area contributed by atoms with E-state index in [1.165, 1.54) is 6.26 Å². The first-order valence-electron chi connectivity index (χ1n) is 4.58. The quantitative estimate of drug-likeness (QED) is 0.725. The molecule has 0 bridgehead atoms. The van der Waals surface area contributed by atoms with Gasteiger partial charge in [0.25, 0.3) is 0 Å². The molecule has 0 unspecified atom stereocenters. The van der Waals surface area contributed by atoms with Crippen molar-refractivity contribution in [1.82, 2.24) is 15.0 Å². The summed E-state index contributed by atoms with van der Waals surface area (Å²) >= 11 is 0. The van der Waals surface area contributed by atoms with Crippen LogP contribution in [0, 0.1) is 0 Å². The Hall–Kier alpha value is -0.910. The highest BCUT2D eigenvalue weighted by atomic mass is 32.2. The molecule has 0 radical (unpaired) electrons. The van der Waals surface area contributed by atoms with E-state index in [9.17, 15) is 8.42 Å². The minimum atomic E-state index is -3.00. The molecule has 0 N–H and O–H groups in total. The molecule has 1 heterocycles. The predicted molar refractivity (Wildman–Crippen MR) is 53.5 cm³/mol. The standard InChI is InChI=1S/C8H15N3O2S/c1-3-4-5-11-6-8(9-10-11)7-14(2,12)13/h6H,3-5,7H2,1-2H3. The molecular weight excluding hydrogens is 202 g/mol. The summed E-state index contributed by atoms with van der Waals surface area (Å²) in [4.78, 5) is 0. The smallest absolute Gasteiger partial charge is 0.153 e. The highest BCUT2D eigenvalue weighted by molar-refractivity contribution is 7.89. The first kappa shape index (κ1) is 11.2. The fourth-order valence-corrected chi connectivity index (χ4v) is 1.77. The molecule has 1 aromatic heterocycles. The molecule has 0 aliphatic rings. The van der Waals surface area contributed by atoms with Crippen LogP contribution in [0.25, 0.3) is 0 Å². The van der Waals surface area contributed by atoms with E-state index in [2.05, 4.69) is 17.2 Å². The first-order chi connectivity index (χ1) is 6.51. The summed E-state index contributed by atoms with van der Waals surface area (Å²) in [6.07, 6.45) is 5.00. The van der Waals surface area contributed by atoms with E-state index in [0.717, 1.165) is 19.4 Å². The fourth-order valence-electron chi connectivity index (χ4n) is 1.10. The van der Waals surface area contributed by atoms with Gasteiger partial charge in [-0.15, -0.1) is 5.10 Å². The van der Waals surface area contributed by atoms with Crippen LogP contribution in [0.3, 0.4) is 0 Å². The van der Waals surface area contributed by atoms with Gasteiger partial charge in [-0.3, -0.25) is 4.68 Å². The topological polar surface area (TPSA) is 64.8 Å². The van der Waals surface area contributed by atoms with Crippen molar-refractivity contribution in [2.45, 2.75) is 32.1 Å². The van der Waals surface area contributed by atoms with Crippen LogP contribution >= 0.6 is 0 Å². The average molecular weight is 217 g/mol. The molecule has 5 nitrogen and oxygen atoms in total. The molecule has 80 valence electrons. The lowest BCUT2D eigenvalue weighted by Crippen LogP contribution is -2.00. The second kappa shape index (κ2) is 4.54. The maximum atomic E-state index is 10.9. The Morgan fingerprint density at radius 2 is 2.21 bits per heavy atom. The van der Waals surface area contributed by atoms with Gasteiger partial charge >= 0.3 is 0 Å². The van der Waals surface area contributed by atoms with Crippen LogP contribution in [0.2, 0.25) is 0 Å². The number of unbranched alkanes of at least 4 members (excludes halogenated alkanes) is 1. The second-order valence-electron chi connectivity index (χ2n) is 3.40. The van der Waals surface area contributed by atoms with E-state index in [1.54, 1.807) is 10.9 Å². The van der Waals surface area contributed by atoms with Gasteiger partial charge in [-0.25, -0.2) is 8.42 Å². The molecule has 0 fully saturated rings. The Bertz CT molecular complexity index is 383. The van der Waals surface area contributed by atoms with Crippen LogP contribution in [0.5, 0.6) is 0 Å². The Labute approximate surface area is 84.0 Å². The summed E-state index contributed by atoms with van der Waals surface area (Å²) in [5.41, 5.74) is 0.517. The number of nitrogens with zero attached hydrogens (tertiary/aromatic N) is 3. The third-order valence-electron chi connectivity index (χ3n) is 1.74. The monoisotopic (exact) mass is 217 g/mol. The Morgan fingerprint density at radius 1 is 1.50 bits per heavy atom. The summed E-state index contributed by atoms with van der Waals surface area (Å²) in [5, 5.41) is 7.63. The minimum Gasteiger partial charge on any atom is -0.252 e. The molecule has 1 aromatic rings. The zero-order valence-electron chi connectivity index (χ0n) is 8.47. The molecule has 0 aliphatic carbocycles. The lowest BCUT2D eigenvalue weighted by atomic mass is 10.3. The number of aromatic nitrogens is 3. The van der Waals surface area contributed by atoms with Crippen molar-refractivity contribution in [2.24, 2.45) is 0 Å². The van der Waals surface area contributed by atoms with Gasteiger partial charge in [-0.2, -0.15) is 0 Å². The summed E-state index contributed by atoms with van der Waals surface area (Å²) < 4.78 is 23.6. The molecule has 0 saturated heterocycles. The van der Waals surface area contributed by atoms with Crippen LogP contribution < -0.4 is 0 Å². The van der Waals surface area contributed by atoms with Crippen molar-refractivity contribution in [1.29, 1.82) is 0 Å². The van der Waals surface area contributed by atoms with Crippen LogP contribution in [0.4, 0.5) is 0 Å². The molecule has 14 heavy (non-hydrogen) atoms. The van der Waals surface area contributed by atoms with Gasteiger partial charge in [-0.1, -0.05) is 18.6 Å². The summed E-state index contributed by atoms with van der Waals surface area (Å²) in [6, 6.07) is 0. The highest BCUT2D eigenvalue weighted by Gasteiger charge is 2.07. The van der Waals surface area contributed by atoms with Crippen molar-refractivity contribution < 1.29 is 8.42 Å². The van der Waals surface area contributed by atoms with Gasteiger partial charge in [0.05, 0.1) is 11.4 Å². The average Bonchev–Trinajstić information content (AvgIpc) is 2.46. The number of hydrogen-bond acceptors (Lipinski definition) is 4. The molecule has 0 aromatic carbocycles. The molecule has 0 saturated carbocycles. The second-order valence-corrected chi connectivity index (χ2v) is 5.54. The summed E-state index contributed by atoms with van der Waals surface area (Å²) in [7, 11) is -3.00. The van der Waals surface area contributed by atoms with E-state index >= 15 is 0 Å². The number of hydrogen-bond donors (Lipinski definition) is 0. The Balaban J connectivity index is 2.59. The normalized spacial score (nSPS) is 11.9. The molecule has 0 amide bonds. The molecule has 0 atom stereocenters. The van der Waals surface area contributed by atoms with Crippen LogP contribution in [-0.4, -0.2) is 29.7 Å². The molecule has 1 rings (SSSR count). The lowest BCUT2D eigenvalue weighted by molar-refractivity contribution is 0.553. The third-order valence-corrected chi connectivity index (χ3v) is 2.56. The van der Waals surface area contributed by atoms with E-state index in [0.29, 0.717) is 5.69 Å². The van der Waals surface area contributed by atoms with Crippen molar-refractivity contribution in [3.8, 4) is 0 Å². The van der Waals surface area contributed by atoms with Gasteiger partial charge in [0.1, 0.15) is 0 Å². The molecular formula is C8H15N3O2S. The van der Waals surface area contributed by atoms with Gasteiger partial charge < -0.3 is 0 Å². The predicted octanol–water partition coefficient (Wildman–Crippen LogP) is 0.623. The van der Waals surface area contributed by atoms with Gasteiger partial charge in [-0.05, 0) is 6.42 Å². The van der Waals surface area contributed by atoms with Gasteiger partial charge in [0.15, 0.2) is 9.84 Å². The summed E-state index contributed by atoms with van der Waals surface area (Å²) in [6.45, 7) is 2.89. The number of aryl methyl sites for hydroxylation is 1. The van der Waals surface area contributed by atoms with Crippen molar-refractivity contribution in [3.05, 3.63) is 11.9 Å². The largest absolute Gasteiger partial charge is 0.252 e. The Morgan fingerprint density at radius 3 is 2.79 bits per heavy atom. The maximum Gasteiger partial charge on any atom is 0.153 e. The van der Waals surface area contributed by atoms with Crippen LogP contribution in [-0.2, 0) is 22.1 Å². The van der Waals surface area contributed by atoms with Crippen LogP contribution in [0.15, 0.2) is 6.20 Å². The molecule has 0 aliphatic heterocycles. The Kier molecular flexibility index (Phi) is 3.62. The molecule has 6 heteroatoms. The molecule has 0 spiro atoms. The number of sulfone groups is 1. The van der Waals surface area contributed by atoms with Gasteiger partial charge in [0.2, 0.25) is 0 Å². The summed E-state index contributed by atoms with van der Waals surface area (Å²) in [5.74, 6) is -0.0286. The minimum absolute atomic E-state index is 0.0286. The third kappa shape index (κ3) is 3.87. The van der Waals surface area contributed by atoms with Crippen LogP contribution in [0.1, 0.15) is 25.5 Å².